The van der Waals surface area contributed by atoms with Gasteiger partial charge in [0.1, 0.15) is 11.4 Å². The molecule has 0 bridgehead atoms. The maximum absolute atomic E-state index is 15.3. The molecule has 0 fully saturated rings. The Hall–Kier alpha value is -3.68. The van der Waals surface area contributed by atoms with Gasteiger partial charge in [0, 0.05) is 36.3 Å². The second-order valence-electron chi connectivity index (χ2n) is 8.13. The molecule has 0 radical (unpaired) electrons. The fraction of sp³-hybridized carbons (Fsp3) is 0.370. The fourth-order valence-corrected chi connectivity index (χ4v) is 3.86. The normalized spacial score (nSPS) is 11.5. The average molecular weight is 481 g/mol. The molecular formula is C27H33FN4O3. The molecule has 0 aliphatic heterocycles. The average Bonchev–Trinajstić information content (AvgIpc) is 2.88. The third kappa shape index (κ3) is 5.88. The Bertz CT molecular complexity index is 1280. The molecule has 7 nitrogen and oxygen atoms in total. The van der Waals surface area contributed by atoms with Gasteiger partial charge in [0.05, 0.1) is 19.8 Å². The van der Waals surface area contributed by atoms with E-state index in [0.29, 0.717) is 35.7 Å². The number of benzene rings is 1. The summed E-state index contributed by atoms with van der Waals surface area (Å²) in [6.07, 6.45) is 9.17. The van der Waals surface area contributed by atoms with Gasteiger partial charge in [-0.2, -0.15) is 4.98 Å². The largest absolute Gasteiger partial charge is 0.497 e. The number of aromatic nitrogens is 3. The van der Waals surface area contributed by atoms with Gasteiger partial charge in [-0.15, -0.1) is 0 Å². The third-order valence-electron chi connectivity index (χ3n) is 5.91. The molecule has 3 rings (SSSR count). The number of anilines is 1. The van der Waals surface area contributed by atoms with E-state index in [9.17, 15) is 4.79 Å². The summed E-state index contributed by atoms with van der Waals surface area (Å²) in [7, 11) is 2.85. The molecule has 0 saturated carbocycles. The number of halogens is 1. The minimum atomic E-state index is -0.633. The molecule has 2 heterocycles. The minimum Gasteiger partial charge on any atom is -0.497 e. The Morgan fingerprint density at radius 2 is 2.00 bits per heavy atom. The van der Waals surface area contributed by atoms with Gasteiger partial charge in [-0.3, -0.25) is 9.36 Å². The highest BCUT2D eigenvalue weighted by Gasteiger charge is 2.20. The van der Waals surface area contributed by atoms with Crippen molar-refractivity contribution in [2.24, 2.45) is 0 Å². The van der Waals surface area contributed by atoms with E-state index in [1.165, 1.54) is 26.4 Å². The van der Waals surface area contributed by atoms with E-state index >= 15 is 4.39 Å². The van der Waals surface area contributed by atoms with Crippen LogP contribution >= 0.6 is 0 Å². The first-order chi connectivity index (χ1) is 17.0. The maximum atomic E-state index is 15.3. The summed E-state index contributed by atoms with van der Waals surface area (Å²) < 4.78 is 27.3. The Labute approximate surface area is 205 Å². The molecule has 1 aromatic carbocycles. The van der Waals surface area contributed by atoms with Crippen LogP contribution in [0.5, 0.6) is 11.5 Å². The molecule has 0 unspecified atom stereocenters. The number of rotatable bonds is 12. The zero-order valence-electron chi connectivity index (χ0n) is 20.9. The maximum Gasteiger partial charge on any atom is 0.260 e. The van der Waals surface area contributed by atoms with Crippen LogP contribution in [-0.4, -0.2) is 35.3 Å². The number of allylic oxidation sites excluding steroid dienone is 3. The predicted molar refractivity (Wildman–Crippen MR) is 139 cm³/mol. The topological polar surface area (TPSA) is 78.3 Å². The summed E-state index contributed by atoms with van der Waals surface area (Å²) in [6, 6.07) is 4.56. The zero-order valence-corrected chi connectivity index (χ0v) is 20.9. The highest BCUT2D eigenvalue weighted by Crippen LogP contribution is 2.33. The van der Waals surface area contributed by atoms with Gasteiger partial charge >= 0.3 is 0 Å². The lowest BCUT2D eigenvalue weighted by molar-refractivity contribution is 0.375. The quantitative estimate of drug-likeness (QED) is 0.263. The highest BCUT2D eigenvalue weighted by molar-refractivity contribution is 5.82. The number of hydrogen-bond donors (Lipinski definition) is 1. The van der Waals surface area contributed by atoms with Gasteiger partial charge in [0.25, 0.3) is 5.56 Å². The Morgan fingerprint density at radius 3 is 2.66 bits per heavy atom. The van der Waals surface area contributed by atoms with Crippen LogP contribution in [0.15, 0.2) is 53.5 Å². The van der Waals surface area contributed by atoms with Crippen LogP contribution in [0.4, 0.5) is 10.3 Å². The molecule has 2 aromatic heterocycles. The molecule has 0 spiro atoms. The number of methoxy groups -OCH3 is 2. The number of unbranched alkanes of at least 4 members (excludes halogenated alkanes) is 2. The number of hydrogen-bond acceptors (Lipinski definition) is 6. The Morgan fingerprint density at radius 1 is 1.20 bits per heavy atom. The van der Waals surface area contributed by atoms with E-state index in [1.54, 1.807) is 22.9 Å². The van der Waals surface area contributed by atoms with Crippen molar-refractivity contribution in [3.8, 4) is 22.6 Å². The predicted octanol–water partition coefficient (Wildman–Crippen LogP) is 5.74. The van der Waals surface area contributed by atoms with Crippen LogP contribution in [0, 0.1) is 5.82 Å². The van der Waals surface area contributed by atoms with Gasteiger partial charge in [-0.05, 0) is 31.9 Å². The number of pyridine rings is 1. The summed E-state index contributed by atoms with van der Waals surface area (Å²) in [5, 5.41) is 3.86. The number of fused-ring (bicyclic) bond motifs is 1. The number of nitrogens with one attached hydrogen (secondary N) is 1. The SMILES string of the molecule is C=CC(=CC)CCn1c(=O)c(-c2cc(OC)cc(OC)c2F)cc2cnc(NCCCCC)nc21. The van der Waals surface area contributed by atoms with Gasteiger partial charge in [-0.25, -0.2) is 9.37 Å². The van der Waals surface area contributed by atoms with Crippen LogP contribution in [0.1, 0.15) is 39.5 Å². The van der Waals surface area contributed by atoms with E-state index in [1.807, 2.05) is 13.0 Å². The van der Waals surface area contributed by atoms with Gasteiger partial charge in [0.2, 0.25) is 5.95 Å². The van der Waals surface area contributed by atoms with Gasteiger partial charge in [0.15, 0.2) is 11.6 Å². The molecule has 0 atom stereocenters. The summed E-state index contributed by atoms with van der Waals surface area (Å²) in [4.78, 5) is 22.8. The lowest BCUT2D eigenvalue weighted by atomic mass is 10.0. The molecule has 0 saturated heterocycles. The first-order valence-electron chi connectivity index (χ1n) is 11.8. The van der Waals surface area contributed by atoms with Crippen molar-refractivity contribution < 1.29 is 13.9 Å². The molecule has 3 aromatic rings. The summed E-state index contributed by atoms with van der Waals surface area (Å²) in [5.74, 6) is 0.205. The summed E-state index contributed by atoms with van der Waals surface area (Å²) in [5.41, 5.74) is 1.40. The Kier molecular flexibility index (Phi) is 9.00. The lowest BCUT2D eigenvalue weighted by Gasteiger charge is -2.15. The molecule has 35 heavy (non-hydrogen) atoms. The van der Waals surface area contributed by atoms with Gasteiger partial charge in [-0.1, -0.05) is 44.1 Å². The van der Waals surface area contributed by atoms with Gasteiger partial charge < -0.3 is 14.8 Å². The summed E-state index contributed by atoms with van der Waals surface area (Å²) >= 11 is 0. The molecule has 186 valence electrons. The van der Waals surface area contributed by atoms with E-state index < -0.39 is 5.82 Å². The number of ether oxygens (including phenoxy) is 2. The van der Waals surface area contributed by atoms with Crippen molar-refractivity contribution in [2.75, 3.05) is 26.1 Å². The number of aryl methyl sites for hydroxylation is 1. The van der Waals surface area contributed by atoms with Crippen LogP contribution in [0.3, 0.4) is 0 Å². The van der Waals surface area contributed by atoms with Crippen molar-refractivity contribution >= 4 is 17.0 Å². The molecular weight excluding hydrogens is 447 g/mol. The van der Waals surface area contributed by atoms with Crippen LogP contribution in [-0.2, 0) is 6.54 Å². The molecule has 8 heteroatoms. The smallest absolute Gasteiger partial charge is 0.260 e. The van der Waals surface area contributed by atoms with Crippen molar-refractivity contribution in [3.05, 3.63) is 64.9 Å². The van der Waals surface area contributed by atoms with E-state index in [4.69, 9.17) is 9.47 Å². The lowest BCUT2D eigenvalue weighted by Crippen LogP contribution is -2.24. The second kappa shape index (κ2) is 12.1. The van der Waals surface area contributed by atoms with Crippen molar-refractivity contribution in [1.29, 1.82) is 0 Å². The standard InChI is InChI=1S/C27H33FN4O3/c1-6-9-10-12-29-27-30-17-19-14-22(21-15-20(34-4)16-23(35-5)24(21)28)26(33)32(25(19)31-27)13-11-18(7-2)8-3/h7-8,14-17H,2,6,9-13H2,1,3-5H3,(H,29,30,31). The number of nitrogens with zero attached hydrogens (tertiary/aromatic N) is 3. The first-order valence-corrected chi connectivity index (χ1v) is 11.8. The monoisotopic (exact) mass is 480 g/mol. The second-order valence-corrected chi connectivity index (χ2v) is 8.13. The molecule has 0 amide bonds. The highest BCUT2D eigenvalue weighted by atomic mass is 19.1. The minimum absolute atomic E-state index is 0.00358. The van der Waals surface area contributed by atoms with E-state index in [-0.39, 0.29) is 22.4 Å². The van der Waals surface area contributed by atoms with E-state index in [0.717, 1.165) is 31.4 Å². The molecule has 0 aliphatic carbocycles. The van der Waals surface area contributed by atoms with Crippen LogP contribution in [0.25, 0.3) is 22.2 Å². The van der Waals surface area contributed by atoms with Crippen LogP contribution < -0.4 is 20.3 Å². The molecule has 1 N–H and O–H groups in total. The van der Waals surface area contributed by atoms with Crippen LogP contribution in [0.2, 0.25) is 0 Å². The zero-order chi connectivity index (χ0) is 25.4. The van der Waals surface area contributed by atoms with Crippen molar-refractivity contribution in [2.45, 2.75) is 46.1 Å². The van der Waals surface area contributed by atoms with Crippen molar-refractivity contribution in [1.82, 2.24) is 14.5 Å². The first kappa shape index (κ1) is 25.9. The van der Waals surface area contributed by atoms with E-state index in [2.05, 4.69) is 28.8 Å². The summed E-state index contributed by atoms with van der Waals surface area (Å²) in [6.45, 7) is 9.00. The molecule has 0 aliphatic rings. The Balaban J connectivity index is 2.18. The fourth-order valence-electron chi connectivity index (χ4n) is 3.86. The van der Waals surface area contributed by atoms with Crippen molar-refractivity contribution in [3.63, 3.8) is 0 Å². The third-order valence-corrected chi connectivity index (χ3v) is 5.91.